The van der Waals surface area contributed by atoms with Gasteiger partial charge in [0.15, 0.2) is 0 Å². The van der Waals surface area contributed by atoms with Crippen molar-refractivity contribution >= 4 is 11.5 Å². The number of aliphatic hydroxyl groups excluding tert-OH is 2. The molecule has 1 aliphatic carbocycles. The molecule has 4 rings (SSSR count). The highest BCUT2D eigenvalue weighted by molar-refractivity contribution is 5.80. The number of aromatic amines is 1. The Kier molecular flexibility index (Phi) is 3.55. The normalized spacial score (nSPS) is 12.1. The van der Waals surface area contributed by atoms with Crippen LogP contribution in [0.1, 0.15) is 22.3 Å². The fourth-order valence-electron chi connectivity index (χ4n) is 3.17. The van der Waals surface area contributed by atoms with Crippen molar-refractivity contribution in [2.75, 3.05) is 5.32 Å². The Morgan fingerprint density at radius 1 is 1.12 bits per heavy atom. The molecule has 122 valence electrons. The molecule has 0 unspecified atom stereocenters. The molecule has 0 atom stereocenters. The van der Waals surface area contributed by atoms with Crippen molar-refractivity contribution in [1.82, 2.24) is 10.2 Å². The lowest BCUT2D eigenvalue weighted by atomic mass is 10.0. The smallest absolute Gasteiger partial charge is 0.130 e. The van der Waals surface area contributed by atoms with E-state index >= 15 is 0 Å². The van der Waals surface area contributed by atoms with Crippen LogP contribution in [-0.2, 0) is 19.6 Å². The van der Waals surface area contributed by atoms with E-state index in [4.69, 9.17) is 0 Å². The molecule has 0 spiro atoms. The summed E-state index contributed by atoms with van der Waals surface area (Å²) in [5, 5.41) is 29.4. The molecule has 0 amide bonds. The Balaban J connectivity index is 1.71. The second-order valence-corrected chi connectivity index (χ2v) is 5.83. The summed E-state index contributed by atoms with van der Waals surface area (Å²) in [5.74, 6) is 0.419. The van der Waals surface area contributed by atoms with E-state index in [-0.39, 0.29) is 19.0 Å². The Bertz CT molecular complexity index is 921. The number of aromatic nitrogens is 2. The molecule has 24 heavy (non-hydrogen) atoms. The van der Waals surface area contributed by atoms with Gasteiger partial charge in [-0.05, 0) is 41.0 Å². The van der Waals surface area contributed by atoms with Gasteiger partial charge in [0.25, 0.3) is 0 Å². The van der Waals surface area contributed by atoms with Gasteiger partial charge in [-0.15, -0.1) is 0 Å². The quantitative estimate of drug-likeness (QED) is 0.465. The average molecular weight is 325 g/mol. The lowest BCUT2D eigenvalue weighted by Crippen LogP contribution is -1.98. The molecule has 6 heteroatoms. The molecule has 1 heterocycles. The molecule has 0 radical (unpaired) electrons. The molecule has 0 saturated heterocycles. The second-order valence-electron chi connectivity index (χ2n) is 5.83. The lowest BCUT2D eigenvalue weighted by Gasteiger charge is -2.09. The summed E-state index contributed by atoms with van der Waals surface area (Å²) in [6.45, 7) is -0.237. The molecule has 0 fully saturated rings. The van der Waals surface area contributed by atoms with Crippen molar-refractivity contribution in [3.8, 4) is 11.3 Å². The Morgan fingerprint density at radius 2 is 1.92 bits per heavy atom. The number of hydrogen-bond acceptors (Lipinski definition) is 4. The highest BCUT2D eigenvalue weighted by Crippen LogP contribution is 2.40. The van der Waals surface area contributed by atoms with Crippen LogP contribution < -0.4 is 5.32 Å². The van der Waals surface area contributed by atoms with Gasteiger partial charge in [0, 0.05) is 23.2 Å². The third-order valence-electron chi connectivity index (χ3n) is 4.35. The third-order valence-corrected chi connectivity index (χ3v) is 4.35. The first kappa shape index (κ1) is 14.9. The first-order valence-electron chi connectivity index (χ1n) is 7.66. The summed E-state index contributed by atoms with van der Waals surface area (Å²) in [4.78, 5) is 0. The van der Waals surface area contributed by atoms with Gasteiger partial charge in [-0.1, -0.05) is 12.1 Å². The number of benzene rings is 2. The average Bonchev–Trinajstić information content (AvgIpc) is 3.13. The minimum absolute atomic E-state index is 0.110. The lowest BCUT2D eigenvalue weighted by molar-refractivity contribution is 0.260. The van der Waals surface area contributed by atoms with Crippen LogP contribution >= 0.6 is 0 Å². The number of halogens is 1. The van der Waals surface area contributed by atoms with E-state index in [1.807, 2.05) is 12.1 Å². The maximum atomic E-state index is 13.3. The molecule has 5 nitrogen and oxygen atoms in total. The van der Waals surface area contributed by atoms with Crippen LogP contribution in [0.15, 0.2) is 36.4 Å². The summed E-state index contributed by atoms with van der Waals surface area (Å²) in [6, 6.07) is 10.0. The van der Waals surface area contributed by atoms with Gasteiger partial charge in [0.05, 0.1) is 18.9 Å². The minimum atomic E-state index is -0.306. The number of nitrogens with zero attached hydrogens (tertiary/aromatic N) is 1. The van der Waals surface area contributed by atoms with Crippen LogP contribution in [0.4, 0.5) is 15.9 Å². The van der Waals surface area contributed by atoms with Crippen molar-refractivity contribution in [3.63, 3.8) is 0 Å². The molecular weight excluding hydrogens is 309 g/mol. The zero-order valence-electron chi connectivity index (χ0n) is 12.8. The number of nitrogens with one attached hydrogen (secondary N) is 2. The van der Waals surface area contributed by atoms with Crippen LogP contribution in [0.2, 0.25) is 0 Å². The van der Waals surface area contributed by atoms with Crippen molar-refractivity contribution in [1.29, 1.82) is 0 Å². The topological polar surface area (TPSA) is 81.2 Å². The molecule has 1 aromatic heterocycles. The number of H-pyrrole nitrogens is 1. The summed E-state index contributed by atoms with van der Waals surface area (Å²) >= 11 is 0. The van der Waals surface area contributed by atoms with E-state index < -0.39 is 0 Å². The summed E-state index contributed by atoms with van der Waals surface area (Å²) < 4.78 is 13.3. The highest BCUT2D eigenvalue weighted by atomic mass is 19.1. The van der Waals surface area contributed by atoms with Gasteiger partial charge in [-0.2, -0.15) is 5.10 Å². The summed E-state index contributed by atoms with van der Waals surface area (Å²) in [6.07, 6.45) is 0.664. The number of aliphatic hydroxyl groups is 2. The largest absolute Gasteiger partial charge is 0.392 e. The fourth-order valence-corrected chi connectivity index (χ4v) is 3.17. The Labute approximate surface area is 137 Å². The predicted molar refractivity (Wildman–Crippen MR) is 88.4 cm³/mol. The standard InChI is InChI=1S/C18H16FN3O2/c19-13-2-1-3-14(7-13)20-18-16-5-10-4-11(8-23)12(9-24)6-15(10)17(16)21-22-18/h1-4,6-7,23-24H,5,8-9H2,(H2,20,21,22). The van der Waals surface area contributed by atoms with Crippen LogP contribution in [0.5, 0.6) is 0 Å². The number of fused-ring (bicyclic) bond motifs is 3. The molecular formula is C18H16FN3O2. The van der Waals surface area contributed by atoms with Gasteiger partial charge in [-0.25, -0.2) is 4.39 Å². The monoisotopic (exact) mass is 325 g/mol. The molecule has 1 aliphatic rings. The van der Waals surface area contributed by atoms with Gasteiger partial charge in [0.1, 0.15) is 11.6 Å². The predicted octanol–water partition coefficient (Wildman–Crippen LogP) is 2.85. The van der Waals surface area contributed by atoms with E-state index in [1.54, 1.807) is 12.1 Å². The third kappa shape index (κ3) is 2.36. The van der Waals surface area contributed by atoms with Gasteiger partial charge in [0.2, 0.25) is 0 Å². The van der Waals surface area contributed by atoms with Crippen LogP contribution in [-0.4, -0.2) is 20.4 Å². The van der Waals surface area contributed by atoms with E-state index in [9.17, 15) is 14.6 Å². The van der Waals surface area contributed by atoms with Crippen molar-refractivity contribution < 1.29 is 14.6 Å². The summed E-state index contributed by atoms with van der Waals surface area (Å²) in [5.41, 5.74) is 5.90. The molecule has 4 N–H and O–H groups in total. The molecule has 0 saturated carbocycles. The zero-order valence-corrected chi connectivity index (χ0v) is 12.8. The SMILES string of the molecule is OCc1cc2c(cc1CO)-c1n[nH]c(Nc3cccc(F)c3)c1C2. The number of rotatable bonds is 4. The van der Waals surface area contributed by atoms with Crippen LogP contribution in [0, 0.1) is 5.82 Å². The Hall–Kier alpha value is -2.70. The van der Waals surface area contributed by atoms with Gasteiger partial charge >= 0.3 is 0 Å². The second kappa shape index (κ2) is 5.74. The zero-order chi connectivity index (χ0) is 16.7. The molecule has 3 aromatic rings. The van der Waals surface area contributed by atoms with E-state index in [1.165, 1.54) is 12.1 Å². The van der Waals surface area contributed by atoms with E-state index in [2.05, 4.69) is 15.5 Å². The first-order chi connectivity index (χ1) is 11.7. The maximum Gasteiger partial charge on any atom is 0.130 e. The van der Waals surface area contributed by atoms with Crippen molar-refractivity contribution in [2.24, 2.45) is 0 Å². The van der Waals surface area contributed by atoms with Crippen LogP contribution in [0.25, 0.3) is 11.3 Å². The number of anilines is 2. The van der Waals surface area contributed by atoms with E-state index in [0.29, 0.717) is 17.7 Å². The van der Waals surface area contributed by atoms with Gasteiger partial charge in [-0.3, -0.25) is 5.10 Å². The van der Waals surface area contributed by atoms with E-state index in [0.717, 1.165) is 33.8 Å². The van der Waals surface area contributed by atoms with Crippen molar-refractivity contribution in [2.45, 2.75) is 19.6 Å². The number of hydrogen-bond donors (Lipinski definition) is 4. The van der Waals surface area contributed by atoms with Gasteiger partial charge < -0.3 is 15.5 Å². The molecule has 0 aliphatic heterocycles. The molecule has 2 aromatic carbocycles. The first-order valence-corrected chi connectivity index (χ1v) is 7.66. The minimum Gasteiger partial charge on any atom is -0.392 e. The molecule has 0 bridgehead atoms. The van der Waals surface area contributed by atoms with Crippen molar-refractivity contribution in [3.05, 3.63) is 64.5 Å². The highest BCUT2D eigenvalue weighted by Gasteiger charge is 2.26. The van der Waals surface area contributed by atoms with Crippen LogP contribution in [0.3, 0.4) is 0 Å². The maximum absolute atomic E-state index is 13.3. The fraction of sp³-hybridized carbons (Fsp3) is 0.167. The Morgan fingerprint density at radius 3 is 2.67 bits per heavy atom. The summed E-state index contributed by atoms with van der Waals surface area (Å²) in [7, 11) is 0.